The number of anilines is 1. The van der Waals surface area contributed by atoms with Gasteiger partial charge in [0.25, 0.3) is 17.7 Å². The third kappa shape index (κ3) is 4.44. The average Bonchev–Trinajstić information content (AvgIpc) is 3.07. The van der Waals surface area contributed by atoms with Crippen molar-refractivity contribution in [3.8, 4) is 11.5 Å². The van der Waals surface area contributed by atoms with E-state index in [4.69, 9.17) is 9.47 Å². The summed E-state index contributed by atoms with van der Waals surface area (Å²) in [5.74, 6) is -0.0176. The minimum atomic E-state index is -0.383. The smallest absolute Gasteiger partial charge is 0.261 e. The van der Waals surface area contributed by atoms with Crippen LogP contribution in [0, 0.1) is 0 Å². The van der Waals surface area contributed by atoms with Crippen LogP contribution in [0.3, 0.4) is 0 Å². The van der Waals surface area contributed by atoms with E-state index in [1.165, 1.54) is 27.3 Å². The fourth-order valence-corrected chi connectivity index (χ4v) is 4.10. The van der Waals surface area contributed by atoms with Crippen LogP contribution in [0.5, 0.6) is 11.5 Å². The molecule has 0 aromatic heterocycles. The maximum absolute atomic E-state index is 12.9. The highest BCUT2D eigenvalue weighted by molar-refractivity contribution is 6.21. The lowest BCUT2D eigenvalue weighted by Gasteiger charge is -2.34. The number of carbonyl (C=O) groups is 4. The first-order chi connectivity index (χ1) is 16.3. The van der Waals surface area contributed by atoms with E-state index in [9.17, 15) is 19.2 Å². The van der Waals surface area contributed by atoms with Crippen LogP contribution in [0.2, 0.25) is 0 Å². The number of methoxy groups -OCH3 is 2. The van der Waals surface area contributed by atoms with Crippen LogP contribution in [-0.4, -0.2) is 92.3 Å². The number of nitrogens with one attached hydrogen (secondary N) is 1. The van der Waals surface area contributed by atoms with E-state index in [2.05, 4.69) is 5.32 Å². The lowest BCUT2D eigenvalue weighted by atomic mass is 10.1. The van der Waals surface area contributed by atoms with Crippen molar-refractivity contribution >= 4 is 29.3 Å². The largest absolute Gasteiger partial charge is 0.493 e. The summed E-state index contributed by atoms with van der Waals surface area (Å²) in [6, 6.07) is 9.75. The van der Waals surface area contributed by atoms with Gasteiger partial charge in [-0.1, -0.05) is 0 Å². The monoisotopic (exact) mass is 466 g/mol. The average molecular weight is 466 g/mol. The Balaban J connectivity index is 1.31. The van der Waals surface area contributed by atoms with Crippen LogP contribution >= 0.6 is 0 Å². The summed E-state index contributed by atoms with van der Waals surface area (Å²) in [4.78, 5) is 54.3. The predicted octanol–water partition coefficient (Wildman–Crippen LogP) is 1.33. The molecule has 1 fully saturated rings. The van der Waals surface area contributed by atoms with Crippen molar-refractivity contribution in [2.45, 2.75) is 0 Å². The first-order valence-electron chi connectivity index (χ1n) is 10.8. The van der Waals surface area contributed by atoms with Crippen molar-refractivity contribution in [1.82, 2.24) is 14.7 Å². The Morgan fingerprint density at radius 1 is 0.882 bits per heavy atom. The van der Waals surface area contributed by atoms with E-state index in [-0.39, 0.29) is 35.7 Å². The quantitative estimate of drug-likeness (QED) is 0.640. The summed E-state index contributed by atoms with van der Waals surface area (Å²) < 4.78 is 10.5. The molecule has 1 N–H and O–H groups in total. The first-order valence-corrected chi connectivity index (χ1v) is 10.8. The van der Waals surface area contributed by atoms with Crippen molar-refractivity contribution in [1.29, 1.82) is 0 Å². The minimum Gasteiger partial charge on any atom is -0.493 e. The molecule has 0 aliphatic carbocycles. The molecule has 34 heavy (non-hydrogen) atoms. The Kier molecular flexibility index (Phi) is 6.51. The first kappa shape index (κ1) is 23.2. The maximum atomic E-state index is 12.9. The van der Waals surface area contributed by atoms with E-state index in [0.29, 0.717) is 54.5 Å². The van der Waals surface area contributed by atoms with Crippen molar-refractivity contribution in [3.63, 3.8) is 0 Å². The van der Waals surface area contributed by atoms with Gasteiger partial charge in [-0.25, -0.2) is 0 Å². The molecule has 0 radical (unpaired) electrons. The number of ether oxygens (including phenoxy) is 2. The number of amides is 4. The highest BCUT2D eigenvalue weighted by atomic mass is 16.5. The van der Waals surface area contributed by atoms with Gasteiger partial charge in [0.1, 0.15) is 0 Å². The van der Waals surface area contributed by atoms with Gasteiger partial charge in [-0.05, 0) is 36.4 Å². The summed E-state index contributed by atoms with van der Waals surface area (Å²) >= 11 is 0. The van der Waals surface area contributed by atoms with Crippen molar-refractivity contribution in [3.05, 3.63) is 53.1 Å². The van der Waals surface area contributed by atoms with E-state index < -0.39 is 0 Å². The molecule has 0 saturated carbocycles. The van der Waals surface area contributed by atoms with Crippen LogP contribution in [0.4, 0.5) is 5.69 Å². The van der Waals surface area contributed by atoms with Gasteiger partial charge < -0.3 is 19.7 Å². The van der Waals surface area contributed by atoms with E-state index in [1.54, 1.807) is 35.2 Å². The Bertz CT molecular complexity index is 1160. The van der Waals surface area contributed by atoms with E-state index in [1.807, 2.05) is 4.90 Å². The number of hydrogen-bond acceptors (Lipinski definition) is 7. The van der Waals surface area contributed by atoms with Crippen molar-refractivity contribution in [2.75, 3.05) is 59.3 Å². The summed E-state index contributed by atoms with van der Waals surface area (Å²) in [6.45, 7) is 2.23. The number of rotatable bonds is 6. The van der Waals surface area contributed by atoms with Crippen LogP contribution in [0.15, 0.2) is 36.4 Å². The number of imide groups is 1. The fourth-order valence-electron chi connectivity index (χ4n) is 4.10. The number of benzene rings is 2. The molecular weight excluding hydrogens is 440 g/mol. The molecule has 2 aromatic carbocycles. The number of hydrogen-bond donors (Lipinski definition) is 1. The van der Waals surface area contributed by atoms with Gasteiger partial charge in [-0.2, -0.15) is 0 Å². The second-order valence-electron chi connectivity index (χ2n) is 8.12. The summed E-state index contributed by atoms with van der Waals surface area (Å²) in [5, 5.41) is 2.78. The predicted molar refractivity (Wildman–Crippen MR) is 123 cm³/mol. The molecular formula is C24H26N4O6. The third-order valence-electron chi connectivity index (χ3n) is 6.03. The molecule has 4 rings (SSSR count). The number of fused-ring (bicyclic) bond motifs is 1. The van der Waals surface area contributed by atoms with Gasteiger partial charge >= 0.3 is 0 Å². The topological polar surface area (TPSA) is 108 Å². The number of nitrogens with zero attached hydrogens (tertiary/aromatic N) is 3. The molecule has 2 aliphatic rings. The molecule has 2 aliphatic heterocycles. The molecule has 178 valence electrons. The zero-order valence-corrected chi connectivity index (χ0v) is 19.3. The zero-order chi connectivity index (χ0) is 24.4. The second-order valence-corrected chi connectivity index (χ2v) is 8.12. The van der Waals surface area contributed by atoms with Crippen molar-refractivity contribution < 1.29 is 28.7 Å². The summed E-state index contributed by atoms with van der Waals surface area (Å²) in [7, 11) is 4.49. The molecule has 4 amide bonds. The van der Waals surface area contributed by atoms with Crippen LogP contribution in [0.1, 0.15) is 31.1 Å². The lowest BCUT2D eigenvalue weighted by molar-refractivity contribution is -0.117. The zero-order valence-electron chi connectivity index (χ0n) is 19.3. The number of piperazine rings is 1. The fraction of sp³-hybridized carbons (Fsp3) is 0.333. The second kappa shape index (κ2) is 9.52. The molecule has 0 bridgehead atoms. The summed E-state index contributed by atoms with van der Waals surface area (Å²) in [5.41, 5.74) is 1.59. The van der Waals surface area contributed by atoms with E-state index in [0.717, 1.165) is 4.90 Å². The van der Waals surface area contributed by atoms with Crippen LogP contribution < -0.4 is 14.8 Å². The summed E-state index contributed by atoms with van der Waals surface area (Å²) in [6.07, 6.45) is 0. The Hall–Kier alpha value is -3.92. The van der Waals surface area contributed by atoms with Crippen LogP contribution in [-0.2, 0) is 4.79 Å². The maximum Gasteiger partial charge on any atom is 0.261 e. The lowest BCUT2D eigenvalue weighted by Crippen LogP contribution is -2.50. The SMILES string of the molecule is COc1ccc(C(=O)N2CCN(CC(=O)Nc3ccc4c(c3)C(=O)N(C)C4=O)CC2)cc1OC. The van der Waals surface area contributed by atoms with Crippen LogP contribution in [0.25, 0.3) is 0 Å². The molecule has 0 atom stereocenters. The molecule has 2 heterocycles. The Labute approximate surface area is 197 Å². The van der Waals surface area contributed by atoms with Gasteiger partial charge in [0.2, 0.25) is 5.91 Å². The molecule has 10 heteroatoms. The Morgan fingerprint density at radius 2 is 1.56 bits per heavy atom. The normalized spacial score (nSPS) is 15.9. The number of carbonyl (C=O) groups excluding carboxylic acids is 4. The van der Waals surface area contributed by atoms with E-state index >= 15 is 0 Å². The van der Waals surface area contributed by atoms with Gasteiger partial charge in [-0.15, -0.1) is 0 Å². The highest BCUT2D eigenvalue weighted by Crippen LogP contribution is 2.28. The van der Waals surface area contributed by atoms with Gasteiger partial charge in [-0.3, -0.25) is 29.0 Å². The van der Waals surface area contributed by atoms with Gasteiger partial charge in [0, 0.05) is 44.5 Å². The Morgan fingerprint density at radius 3 is 2.24 bits per heavy atom. The minimum absolute atomic E-state index is 0.104. The third-order valence-corrected chi connectivity index (χ3v) is 6.03. The highest BCUT2D eigenvalue weighted by Gasteiger charge is 2.33. The molecule has 1 saturated heterocycles. The van der Waals surface area contributed by atoms with Gasteiger partial charge in [0.05, 0.1) is 31.9 Å². The molecule has 0 unspecified atom stereocenters. The standard InChI is InChI=1S/C24H26N4O6/c1-26-23(31)17-6-5-16(13-18(17)24(26)32)25-21(29)14-27-8-10-28(11-9-27)22(30)15-4-7-19(33-2)20(12-15)34-3/h4-7,12-13H,8-11,14H2,1-3H3,(H,25,29). The van der Waals surface area contributed by atoms with Crippen molar-refractivity contribution in [2.24, 2.45) is 0 Å². The molecule has 10 nitrogen and oxygen atoms in total. The molecule has 2 aromatic rings. The molecule has 0 spiro atoms. The van der Waals surface area contributed by atoms with Gasteiger partial charge in [0.15, 0.2) is 11.5 Å².